The largest absolute Gasteiger partial charge is 0.395 e. The number of aliphatic hydroxyl groups excluding tert-OH is 1. The Bertz CT molecular complexity index is 238. The van der Waals surface area contributed by atoms with E-state index in [-0.39, 0.29) is 12.5 Å². The SMILES string of the molecule is NNC(=O)CCCCN1CCCN(CCO)CC1. The molecule has 106 valence electrons. The topological polar surface area (TPSA) is 81.8 Å². The molecule has 0 bridgehead atoms. The minimum Gasteiger partial charge on any atom is -0.395 e. The molecule has 0 saturated carbocycles. The van der Waals surface area contributed by atoms with Gasteiger partial charge in [0.05, 0.1) is 6.61 Å². The number of amides is 1. The number of hydrogen-bond donors (Lipinski definition) is 3. The van der Waals surface area contributed by atoms with Crippen molar-refractivity contribution in [1.82, 2.24) is 15.2 Å². The molecule has 6 heteroatoms. The van der Waals surface area contributed by atoms with Crippen molar-refractivity contribution in [3.63, 3.8) is 0 Å². The number of aliphatic hydroxyl groups is 1. The Kier molecular flexibility index (Phi) is 7.91. The van der Waals surface area contributed by atoms with E-state index in [0.29, 0.717) is 6.42 Å². The third-order valence-electron chi connectivity index (χ3n) is 3.39. The smallest absolute Gasteiger partial charge is 0.233 e. The fraction of sp³-hybridized carbons (Fsp3) is 0.917. The van der Waals surface area contributed by atoms with Gasteiger partial charge in [0.1, 0.15) is 0 Å². The summed E-state index contributed by atoms with van der Waals surface area (Å²) in [5.41, 5.74) is 2.15. The number of nitrogens with two attached hydrogens (primary N) is 1. The van der Waals surface area contributed by atoms with Crippen LogP contribution < -0.4 is 11.3 Å². The lowest BCUT2D eigenvalue weighted by Gasteiger charge is -2.21. The molecule has 0 atom stereocenters. The van der Waals surface area contributed by atoms with Crippen LogP contribution in [0.2, 0.25) is 0 Å². The normalized spacial score (nSPS) is 18.6. The van der Waals surface area contributed by atoms with Crippen molar-refractivity contribution < 1.29 is 9.90 Å². The first-order chi connectivity index (χ1) is 8.76. The molecule has 1 aliphatic heterocycles. The Balaban J connectivity index is 2.10. The highest BCUT2D eigenvalue weighted by Gasteiger charge is 2.13. The summed E-state index contributed by atoms with van der Waals surface area (Å²) < 4.78 is 0. The molecule has 0 unspecified atom stereocenters. The van der Waals surface area contributed by atoms with Crippen LogP contribution in [0.3, 0.4) is 0 Å². The van der Waals surface area contributed by atoms with Gasteiger partial charge in [-0.05, 0) is 38.9 Å². The predicted octanol–water partition coefficient (Wildman–Crippen LogP) is -0.853. The summed E-state index contributed by atoms with van der Waals surface area (Å²) in [7, 11) is 0. The van der Waals surface area contributed by atoms with Gasteiger partial charge in [-0.25, -0.2) is 5.84 Å². The minimum absolute atomic E-state index is 0.0833. The van der Waals surface area contributed by atoms with Crippen molar-refractivity contribution in [1.29, 1.82) is 0 Å². The summed E-state index contributed by atoms with van der Waals surface area (Å²) in [6.45, 7) is 6.36. The fourth-order valence-electron chi connectivity index (χ4n) is 2.31. The van der Waals surface area contributed by atoms with Crippen LogP contribution in [0.4, 0.5) is 0 Å². The van der Waals surface area contributed by atoms with Gasteiger partial charge in [-0.15, -0.1) is 0 Å². The van der Waals surface area contributed by atoms with Gasteiger partial charge >= 0.3 is 0 Å². The zero-order valence-electron chi connectivity index (χ0n) is 11.1. The maximum atomic E-state index is 11.0. The second-order valence-electron chi connectivity index (χ2n) is 4.79. The highest BCUT2D eigenvalue weighted by molar-refractivity contribution is 5.75. The maximum Gasteiger partial charge on any atom is 0.233 e. The first-order valence-electron chi connectivity index (χ1n) is 6.81. The molecular formula is C12H26N4O2. The molecule has 18 heavy (non-hydrogen) atoms. The molecule has 1 amide bonds. The number of carbonyl (C=O) groups excluding carboxylic acids is 1. The number of nitrogens with one attached hydrogen (secondary N) is 1. The summed E-state index contributed by atoms with van der Waals surface area (Å²) in [5.74, 6) is 4.94. The van der Waals surface area contributed by atoms with E-state index in [1.807, 2.05) is 0 Å². The average molecular weight is 258 g/mol. The molecule has 1 fully saturated rings. The van der Waals surface area contributed by atoms with Crippen LogP contribution in [0, 0.1) is 0 Å². The van der Waals surface area contributed by atoms with Gasteiger partial charge in [0.2, 0.25) is 5.91 Å². The van der Waals surface area contributed by atoms with Gasteiger partial charge in [-0.3, -0.25) is 15.1 Å². The van der Waals surface area contributed by atoms with Crippen molar-refractivity contribution >= 4 is 5.91 Å². The molecule has 1 aliphatic rings. The first-order valence-corrected chi connectivity index (χ1v) is 6.81. The van der Waals surface area contributed by atoms with Gasteiger partial charge in [-0.2, -0.15) is 0 Å². The van der Waals surface area contributed by atoms with Gasteiger partial charge in [-0.1, -0.05) is 0 Å². The van der Waals surface area contributed by atoms with E-state index in [2.05, 4.69) is 15.2 Å². The quantitative estimate of drug-likeness (QED) is 0.240. The van der Waals surface area contributed by atoms with Crippen molar-refractivity contribution in [2.75, 3.05) is 45.9 Å². The summed E-state index contributed by atoms with van der Waals surface area (Å²) in [6.07, 6.45) is 3.59. The standard InChI is InChI=1S/C12H26N4O2/c13-14-12(18)4-1-2-5-15-6-3-7-16(9-8-15)10-11-17/h17H,1-11,13H2,(H,14,18). The van der Waals surface area contributed by atoms with Crippen LogP contribution >= 0.6 is 0 Å². The molecule has 0 aromatic heterocycles. The minimum atomic E-state index is -0.0833. The molecule has 0 aliphatic carbocycles. The van der Waals surface area contributed by atoms with Crippen molar-refractivity contribution in [3.05, 3.63) is 0 Å². The molecule has 0 spiro atoms. The summed E-state index contributed by atoms with van der Waals surface area (Å²) in [5, 5.41) is 8.92. The van der Waals surface area contributed by atoms with E-state index < -0.39 is 0 Å². The summed E-state index contributed by atoms with van der Waals surface area (Å²) in [4.78, 5) is 15.7. The van der Waals surface area contributed by atoms with Crippen molar-refractivity contribution in [2.45, 2.75) is 25.7 Å². The van der Waals surface area contributed by atoms with E-state index in [0.717, 1.165) is 58.5 Å². The molecule has 1 rings (SSSR count). The summed E-state index contributed by atoms with van der Waals surface area (Å²) in [6, 6.07) is 0. The number of hydrogen-bond acceptors (Lipinski definition) is 5. The Morgan fingerprint density at radius 2 is 1.78 bits per heavy atom. The number of carbonyl (C=O) groups is 1. The third kappa shape index (κ3) is 6.30. The lowest BCUT2D eigenvalue weighted by molar-refractivity contribution is -0.121. The van der Waals surface area contributed by atoms with Crippen LogP contribution in [0.1, 0.15) is 25.7 Å². The van der Waals surface area contributed by atoms with Gasteiger partial charge in [0, 0.05) is 26.1 Å². The van der Waals surface area contributed by atoms with E-state index in [1.54, 1.807) is 0 Å². The van der Waals surface area contributed by atoms with Crippen LogP contribution in [-0.4, -0.2) is 66.7 Å². The second kappa shape index (κ2) is 9.27. The molecule has 0 radical (unpaired) electrons. The summed E-state index contributed by atoms with van der Waals surface area (Å²) >= 11 is 0. The van der Waals surface area contributed by atoms with Gasteiger partial charge in [0.25, 0.3) is 0 Å². The Labute approximate surface area is 109 Å². The van der Waals surface area contributed by atoms with Crippen molar-refractivity contribution in [2.24, 2.45) is 5.84 Å². The first kappa shape index (κ1) is 15.4. The number of unbranched alkanes of at least 4 members (excludes halogenated alkanes) is 1. The molecule has 1 saturated heterocycles. The second-order valence-corrected chi connectivity index (χ2v) is 4.79. The van der Waals surface area contributed by atoms with Crippen LogP contribution in [-0.2, 0) is 4.79 Å². The van der Waals surface area contributed by atoms with E-state index in [1.165, 1.54) is 0 Å². The van der Waals surface area contributed by atoms with Crippen LogP contribution in [0.15, 0.2) is 0 Å². The number of β-amino-alcohol motifs (C(OH)–C–C–N with tert-alkyl or cyclic N) is 1. The fourth-order valence-corrected chi connectivity index (χ4v) is 2.31. The lowest BCUT2D eigenvalue weighted by Crippen LogP contribution is -2.33. The van der Waals surface area contributed by atoms with Gasteiger partial charge < -0.3 is 10.0 Å². The highest BCUT2D eigenvalue weighted by Crippen LogP contribution is 2.05. The zero-order chi connectivity index (χ0) is 13.2. The molecular weight excluding hydrogens is 232 g/mol. The Morgan fingerprint density at radius 1 is 1.11 bits per heavy atom. The number of rotatable bonds is 7. The van der Waals surface area contributed by atoms with E-state index >= 15 is 0 Å². The molecule has 0 aromatic carbocycles. The average Bonchev–Trinajstić information content (AvgIpc) is 2.60. The maximum absolute atomic E-state index is 11.0. The zero-order valence-corrected chi connectivity index (χ0v) is 11.1. The third-order valence-corrected chi connectivity index (χ3v) is 3.39. The van der Waals surface area contributed by atoms with Crippen LogP contribution in [0.5, 0.6) is 0 Å². The van der Waals surface area contributed by atoms with Crippen LogP contribution in [0.25, 0.3) is 0 Å². The monoisotopic (exact) mass is 258 g/mol. The number of hydrazine groups is 1. The Morgan fingerprint density at radius 3 is 2.39 bits per heavy atom. The molecule has 1 heterocycles. The van der Waals surface area contributed by atoms with Gasteiger partial charge in [0.15, 0.2) is 0 Å². The molecule has 6 nitrogen and oxygen atoms in total. The highest BCUT2D eigenvalue weighted by atomic mass is 16.3. The predicted molar refractivity (Wildman–Crippen MR) is 70.8 cm³/mol. The van der Waals surface area contributed by atoms with Crippen molar-refractivity contribution in [3.8, 4) is 0 Å². The van der Waals surface area contributed by atoms with E-state index in [4.69, 9.17) is 10.9 Å². The Hall–Kier alpha value is -0.690. The molecule has 0 aromatic rings. The van der Waals surface area contributed by atoms with E-state index in [9.17, 15) is 4.79 Å². The lowest BCUT2D eigenvalue weighted by atomic mass is 10.2. The number of nitrogens with zero attached hydrogens (tertiary/aromatic N) is 2. The molecule has 4 N–H and O–H groups in total.